The van der Waals surface area contributed by atoms with Crippen molar-refractivity contribution in [3.63, 3.8) is 0 Å². The fourth-order valence-electron chi connectivity index (χ4n) is 1.93. The quantitative estimate of drug-likeness (QED) is 0.759. The second kappa shape index (κ2) is 8.51. The van der Waals surface area contributed by atoms with Gasteiger partial charge in [0.2, 0.25) is 0 Å². The van der Waals surface area contributed by atoms with Crippen LogP contribution in [0.3, 0.4) is 0 Å². The molecule has 5 nitrogen and oxygen atoms in total. The van der Waals surface area contributed by atoms with Crippen LogP contribution in [-0.2, 0) is 6.61 Å². The molecule has 0 fully saturated rings. The minimum absolute atomic E-state index is 0.104. The Morgan fingerprint density at radius 1 is 1.36 bits per heavy atom. The van der Waals surface area contributed by atoms with Gasteiger partial charge >= 0.3 is 0 Å². The molecule has 0 atom stereocenters. The zero-order valence-corrected chi connectivity index (χ0v) is 13.7. The molecule has 0 saturated heterocycles. The lowest BCUT2D eigenvalue weighted by atomic mass is 10.2. The molecule has 1 aromatic heterocycles. The van der Waals surface area contributed by atoms with Crippen molar-refractivity contribution < 1.29 is 9.53 Å². The predicted octanol–water partition coefficient (Wildman–Crippen LogP) is 2.40. The zero-order chi connectivity index (χ0) is 15.8. The van der Waals surface area contributed by atoms with E-state index >= 15 is 0 Å². The molecule has 0 saturated carbocycles. The van der Waals surface area contributed by atoms with E-state index in [4.69, 9.17) is 4.74 Å². The number of carbonyl (C=O) groups excluding carboxylic acids is 1. The van der Waals surface area contributed by atoms with Gasteiger partial charge in [0.1, 0.15) is 12.4 Å². The number of ether oxygens (including phenoxy) is 1. The van der Waals surface area contributed by atoms with Crippen LogP contribution in [0.1, 0.15) is 22.5 Å². The number of nitrogens with one attached hydrogen (secondary N) is 1. The van der Waals surface area contributed by atoms with Gasteiger partial charge in [-0.1, -0.05) is 12.1 Å². The van der Waals surface area contributed by atoms with Crippen LogP contribution in [0, 0.1) is 0 Å². The molecule has 22 heavy (non-hydrogen) atoms. The third kappa shape index (κ3) is 5.13. The first-order valence-corrected chi connectivity index (χ1v) is 8.13. The van der Waals surface area contributed by atoms with E-state index in [1.165, 1.54) is 11.3 Å². The smallest absolute Gasteiger partial charge is 0.255 e. The number of benzene rings is 1. The molecule has 0 radical (unpaired) electrons. The molecular formula is C16H21N3O2S. The number of aromatic nitrogens is 1. The van der Waals surface area contributed by atoms with E-state index in [9.17, 15) is 4.79 Å². The molecule has 118 valence electrons. The van der Waals surface area contributed by atoms with Crippen molar-refractivity contribution in [3.05, 3.63) is 46.4 Å². The molecular weight excluding hydrogens is 298 g/mol. The third-order valence-corrected chi connectivity index (χ3v) is 3.69. The number of amides is 1. The van der Waals surface area contributed by atoms with Gasteiger partial charge in [0.25, 0.3) is 5.91 Å². The Morgan fingerprint density at radius 3 is 2.91 bits per heavy atom. The van der Waals surface area contributed by atoms with Crippen molar-refractivity contribution in [2.24, 2.45) is 0 Å². The van der Waals surface area contributed by atoms with E-state index < -0.39 is 0 Å². The number of nitrogens with zero attached hydrogens (tertiary/aromatic N) is 2. The Hall–Kier alpha value is -1.92. The third-order valence-electron chi connectivity index (χ3n) is 3.06. The lowest BCUT2D eigenvalue weighted by Crippen LogP contribution is -2.27. The minimum atomic E-state index is -0.104. The van der Waals surface area contributed by atoms with Crippen molar-refractivity contribution in [2.45, 2.75) is 13.0 Å². The molecule has 0 aliphatic heterocycles. The van der Waals surface area contributed by atoms with Gasteiger partial charge in [-0.2, -0.15) is 0 Å². The molecule has 0 unspecified atom stereocenters. The van der Waals surface area contributed by atoms with Crippen molar-refractivity contribution in [1.82, 2.24) is 15.2 Å². The Labute approximate surface area is 134 Å². The highest BCUT2D eigenvalue weighted by atomic mass is 32.1. The highest BCUT2D eigenvalue weighted by Gasteiger charge is 2.11. The van der Waals surface area contributed by atoms with E-state index in [1.807, 2.05) is 31.6 Å². The van der Waals surface area contributed by atoms with E-state index in [-0.39, 0.29) is 5.91 Å². The molecule has 0 bridgehead atoms. The van der Waals surface area contributed by atoms with Gasteiger partial charge in [-0.05, 0) is 39.2 Å². The molecule has 0 aliphatic rings. The summed E-state index contributed by atoms with van der Waals surface area (Å²) in [6.45, 7) is 1.97. The SMILES string of the molecule is CN(C)CCCNC(=O)c1ccccc1OCc1cscn1. The lowest BCUT2D eigenvalue weighted by molar-refractivity contribution is 0.0947. The lowest BCUT2D eigenvalue weighted by Gasteiger charge is -2.12. The van der Waals surface area contributed by atoms with Gasteiger partial charge in [0.15, 0.2) is 0 Å². The minimum Gasteiger partial charge on any atom is -0.486 e. The number of carbonyl (C=O) groups is 1. The standard InChI is InChI=1S/C16H21N3O2S/c1-19(2)9-5-8-17-16(20)14-6-3-4-7-15(14)21-10-13-11-22-12-18-13/h3-4,6-7,11-12H,5,8-10H2,1-2H3,(H,17,20). The van der Waals surface area contributed by atoms with Gasteiger partial charge in [-0.25, -0.2) is 4.98 Å². The fraction of sp³-hybridized carbons (Fsp3) is 0.375. The van der Waals surface area contributed by atoms with E-state index in [1.54, 1.807) is 17.6 Å². The second-order valence-corrected chi connectivity index (χ2v) is 5.90. The molecule has 2 aromatic rings. The first kappa shape index (κ1) is 16.5. The van der Waals surface area contributed by atoms with Gasteiger partial charge in [-0.3, -0.25) is 4.79 Å². The summed E-state index contributed by atoms with van der Waals surface area (Å²) in [5.41, 5.74) is 3.19. The number of hydrogen-bond acceptors (Lipinski definition) is 5. The Morgan fingerprint density at radius 2 is 2.18 bits per heavy atom. The maximum Gasteiger partial charge on any atom is 0.255 e. The topological polar surface area (TPSA) is 54.5 Å². The highest BCUT2D eigenvalue weighted by molar-refractivity contribution is 7.07. The number of thiazole rings is 1. The average Bonchev–Trinajstić information content (AvgIpc) is 3.03. The van der Waals surface area contributed by atoms with E-state index in [0.29, 0.717) is 24.5 Å². The maximum atomic E-state index is 12.3. The first-order valence-electron chi connectivity index (χ1n) is 7.18. The largest absolute Gasteiger partial charge is 0.486 e. The summed E-state index contributed by atoms with van der Waals surface area (Å²) in [4.78, 5) is 18.5. The summed E-state index contributed by atoms with van der Waals surface area (Å²) in [6, 6.07) is 7.28. The van der Waals surface area contributed by atoms with Gasteiger partial charge in [-0.15, -0.1) is 11.3 Å². The molecule has 0 aliphatic carbocycles. The van der Waals surface area contributed by atoms with Crippen molar-refractivity contribution in [3.8, 4) is 5.75 Å². The zero-order valence-electron chi connectivity index (χ0n) is 12.9. The van der Waals surface area contributed by atoms with Crippen LogP contribution in [0.2, 0.25) is 0 Å². The number of rotatable bonds is 8. The van der Waals surface area contributed by atoms with Crippen LogP contribution in [-0.4, -0.2) is 43.0 Å². The molecule has 6 heteroatoms. The molecule has 2 rings (SSSR count). The van der Waals surface area contributed by atoms with Gasteiger partial charge in [0, 0.05) is 11.9 Å². The Kier molecular flexibility index (Phi) is 6.36. The van der Waals surface area contributed by atoms with E-state index in [0.717, 1.165) is 18.7 Å². The molecule has 1 N–H and O–H groups in total. The fourth-order valence-corrected chi connectivity index (χ4v) is 2.48. The Bertz CT molecular complexity index is 585. The summed E-state index contributed by atoms with van der Waals surface area (Å²) in [7, 11) is 4.03. The summed E-state index contributed by atoms with van der Waals surface area (Å²) in [6.07, 6.45) is 0.917. The van der Waals surface area contributed by atoms with Crippen LogP contribution in [0.15, 0.2) is 35.2 Å². The van der Waals surface area contributed by atoms with Crippen LogP contribution in [0.5, 0.6) is 5.75 Å². The molecule has 0 spiro atoms. The van der Waals surface area contributed by atoms with E-state index in [2.05, 4.69) is 15.2 Å². The summed E-state index contributed by atoms with van der Waals surface area (Å²) in [5, 5.41) is 4.86. The van der Waals surface area contributed by atoms with Crippen molar-refractivity contribution >= 4 is 17.2 Å². The molecule has 1 heterocycles. The summed E-state index contributed by atoms with van der Waals surface area (Å²) < 4.78 is 5.72. The number of hydrogen-bond donors (Lipinski definition) is 1. The predicted molar refractivity (Wildman–Crippen MR) is 88.4 cm³/mol. The second-order valence-electron chi connectivity index (χ2n) is 5.18. The average molecular weight is 319 g/mol. The van der Waals surface area contributed by atoms with Gasteiger partial charge < -0.3 is 15.0 Å². The summed E-state index contributed by atoms with van der Waals surface area (Å²) >= 11 is 1.53. The number of para-hydroxylation sites is 1. The highest BCUT2D eigenvalue weighted by Crippen LogP contribution is 2.19. The van der Waals surface area contributed by atoms with Crippen LogP contribution in [0.4, 0.5) is 0 Å². The van der Waals surface area contributed by atoms with Crippen molar-refractivity contribution in [2.75, 3.05) is 27.2 Å². The van der Waals surface area contributed by atoms with Crippen LogP contribution < -0.4 is 10.1 Å². The maximum absolute atomic E-state index is 12.3. The first-order chi connectivity index (χ1) is 10.7. The van der Waals surface area contributed by atoms with Crippen LogP contribution >= 0.6 is 11.3 Å². The molecule has 1 amide bonds. The van der Waals surface area contributed by atoms with Crippen LogP contribution in [0.25, 0.3) is 0 Å². The molecule has 1 aromatic carbocycles. The van der Waals surface area contributed by atoms with Gasteiger partial charge in [0.05, 0.1) is 16.8 Å². The Balaban J connectivity index is 1.90. The normalized spacial score (nSPS) is 10.7. The monoisotopic (exact) mass is 319 g/mol. The van der Waals surface area contributed by atoms with Crippen molar-refractivity contribution in [1.29, 1.82) is 0 Å². The summed E-state index contributed by atoms with van der Waals surface area (Å²) in [5.74, 6) is 0.480.